The predicted octanol–water partition coefficient (Wildman–Crippen LogP) is -1.30. The van der Waals surface area contributed by atoms with Crippen LogP contribution in [0.25, 0.3) is 0 Å². The molecule has 0 bridgehead atoms. The molecule has 21 heavy (non-hydrogen) atoms. The first-order valence-corrected chi connectivity index (χ1v) is 9.39. The second-order valence-corrected chi connectivity index (χ2v) is 7.04. The Morgan fingerprint density at radius 2 is 1.81 bits per heavy atom. The van der Waals surface area contributed by atoms with Crippen molar-refractivity contribution in [3.63, 3.8) is 0 Å². The molecule has 0 fully saturated rings. The zero-order chi connectivity index (χ0) is 16.5. The minimum absolute atomic E-state index is 0.151. The van der Waals surface area contributed by atoms with Crippen LogP contribution in [0.3, 0.4) is 0 Å². The van der Waals surface area contributed by atoms with Crippen LogP contribution in [0.5, 0.6) is 0 Å². The summed E-state index contributed by atoms with van der Waals surface area (Å²) in [7, 11) is -8.72. The topological polar surface area (TPSA) is 139 Å². The van der Waals surface area contributed by atoms with Gasteiger partial charge in [-0.3, -0.25) is 14.0 Å². The molecule has 1 rings (SSSR count). The minimum Gasteiger partial charge on any atom is -0.726 e. The van der Waals surface area contributed by atoms with Crippen molar-refractivity contribution >= 4 is 20.5 Å². The quantitative estimate of drug-likeness (QED) is 0.382. The summed E-state index contributed by atoms with van der Waals surface area (Å²) in [5.41, 5.74) is 0. The van der Waals surface area contributed by atoms with Gasteiger partial charge in [-0.15, -0.1) is 0 Å². The van der Waals surface area contributed by atoms with Crippen LogP contribution in [0.2, 0.25) is 0 Å². The normalized spacial score (nSPS) is 18.5. The molecule has 0 aromatic heterocycles. The van der Waals surface area contributed by atoms with E-state index in [9.17, 15) is 8.42 Å². The Morgan fingerprint density at radius 3 is 2.29 bits per heavy atom. The standard InChI is InChI=1S/C10H20N2O3S.H2O4S/c1-2-3-5-11-7-8-12(10-11)6-4-9-16(13,14)15;1-5(2,3)4/h7-8H,2-6,9-10H2,1H3,(H,13,14,15);(H2,1,2,3,4). The first-order valence-electron chi connectivity index (χ1n) is 6.41. The third-order valence-electron chi connectivity index (χ3n) is 2.63. The summed E-state index contributed by atoms with van der Waals surface area (Å²) in [6, 6.07) is 0. The first kappa shape index (κ1) is 20.3. The summed E-state index contributed by atoms with van der Waals surface area (Å²) in [4.78, 5) is 3.50. The van der Waals surface area contributed by atoms with E-state index >= 15 is 0 Å². The number of nitrogens with zero attached hydrogens (tertiary/aromatic N) is 1. The van der Waals surface area contributed by atoms with Crippen molar-refractivity contribution in [2.45, 2.75) is 26.2 Å². The molecule has 3 N–H and O–H groups in total. The molecule has 126 valence electrons. The maximum atomic E-state index is 10.5. The Hall–Kier alpha value is -0.720. The summed E-state index contributed by atoms with van der Waals surface area (Å²) >= 11 is 0. The molecule has 1 heterocycles. The molecule has 0 aliphatic carbocycles. The SMILES string of the molecule is CCCC[NH+]1C=CN(CCCS(=O)(=O)O)C1.O=S(=O)([O-])O. The van der Waals surface area contributed by atoms with Gasteiger partial charge in [0.25, 0.3) is 10.1 Å². The van der Waals surface area contributed by atoms with Crippen LogP contribution in [-0.2, 0) is 20.5 Å². The van der Waals surface area contributed by atoms with Gasteiger partial charge in [-0.25, -0.2) is 8.42 Å². The molecule has 9 nitrogen and oxygen atoms in total. The molecule has 0 spiro atoms. The van der Waals surface area contributed by atoms with Crippen molar-refractivity contribution in [2.75, 3.05) is 25.5 Å². The van der Waals surface area contributed by atoms with Gasteiger partial charge in [-0.05, 0) is 12.8 Å². The van der Waals surface area contributed by atoms with E-state index < -0.39 is 20.5 Å². The van der Waals surface area contributed by atoms with E-state index in [1.165, 1.54) is 17.7 Å². The van der Waals surface area contributed by atoms with Gasteiger partial charge in [-0.2, -0.15) is 8.42 Å². The third kappa shape index (κ3) is 15.5. The average Bonchev–Trinajstić information content (AvgIpc) is 2.70. The molecule has 11 heteroatoms. The molecule has 0 saturated heterocycles. The fraction of sp³-hybridized carbons (Fsp3) is 0.800. The molecule has 0 aromatic rings. The highest BCUT2D eigenvalue weighted by Gasteiger charge is 2.16. The molecule has 0 saturated carbocycles. The zero-order valence-electron chi connectivity index (χ0n) is 11.8. The van der Waals surface area contributed by atoms with Crippen LogP contribution >= 0.6 is 0 Å². The van der Waals surface area contributed by atoms with E-state index in [0.29, 0.717) is 13.0 Å². The van der Waals surface area contributed by atoms with Crippen molar-refractivity contribution in [1.29, 1.82) is 0 Å². The lowest BCUT2D eigenvalue weighted by Gasteiger charge is -2.16. The van der Waals surface area contributed by atoms with E-state index in [1.54, 1.807) is 0 Å². The van der Waals surface area contributed by atoms with E-state index in [2.05, 4.69) is 18.0 Å². The largest absolute Gasteiger partial charge is 0.726 e. The van der Waals surface area contributed by atoms with Crippen LogP contribution in [0.15, 0.2) is 12.4 Å². The van der Waals surface area contributed by atoms with Gasteiger partial charge in [0.15, 0.2) is 6.67 Å². The summed E-state index contributed by atoms with van der Waals surface area (Å²) in [5.74, 6) is -0.151. The molecule has 1 atom stereocenters. The maximum absolute atomic E-state index is 10.5. The number of unbranched alkanes of at least 4 members (excludes halogenated alkanes) is 1. The average molecular weight is 346 g/mol. The summed E-state index contributed by atoms with van der Waals surface area (Å²) < 4.78 is 62.5. The molecule has 0 amide bonds. The predicted molar refractivity (Wildman–Crippen MR) is 74.8 cm³/mol. The maximum Gasteiger partial charge on any atom is 0.264 e. The Bertz CT molecular complexity index is 508. The van der Waals surface area contributed by atoms with Crippen LogP contribution in [0.4, 0.5) is 0 Å². The van der Waals surface area contributed by atoms with Crippen LogP contribution < -0.4 is 4.90 Å². The van der Waals surface area contributed by atoms with Crippen molar-refractivity contribution < 1.29 is 35.4 Å². The smallest absolute Gasteiger partial charge is 0.264 e. The molecule has 0 aromatic carbocycles. The third-order valence-corrected chi connectivity index (χ3v) is 3.43. The van der Waals surface area contributed by atoms with E-state index in [-0.39, 0.29) is 5.75 Å². The highest BCUT2D eigenvalue weighted by Crippen LogP contribution is 1.96. The van der Waals surface area contributed by atoms with Gasteiger partial charge in [0.2, 0.25) is 10.4 Å². The Morgan fingerprint density at radius 1 is 1.24 bits per heavy atom. The fourth-order valence-electron chi connectivity index (χ4n) is 1.75. The Kier molecular flexibility index (Phi) is 9.01. The lowest BCUT2D eigenvalue weighted by atomic mass is 10.3. The minimum atomic E-state index is -4.92. The Labute approximate surface area is 125 Å². The second-order valence-electron chi connectivity index (χ2n) is 4.62. The van der Waals surface area contributed by atoms with Crippen LogP contribution in [0.1, 0.15) is 26.2 Å². The van der Waals surface area contributed by atoms with Gasteiger partial charge in [-0.1, -0.05) is 13.3 Å². The summed E-state index contributed by atoms with van der Waals surface area (Å²) in [6.45, 7) is 4.89. The lowest BCUT2D eigenvalue weighted by molar-refractivity contribution is -0.849. The first-order chi connectivity index (χ1) is 9.51. The molecule has 1 unspecified atom stereocenters. The Balaban J connectivity index is 0.000000690. The monoisotopic (exact) mass is 346 g/mol. The zero-order valence-corrected chi connectivity index (χ0v) is 13.4. The molecule has 0 radical (unpaired) electrons. The van der Waals surface area contributed by atoms with Crippen molar-refractivity contribution in [1.82, 2.24) is 4.90 Å². The fourth-order valence-corrected chi connectivity index (χ4v) is 2.24. The number of nitrogens with one attached hydrogen (secondary N) is 1. The van der Waals surface area contributed by atoms with Crippen molar-refractivity contribution in [3.8, 4) is 0 Å². The van der Waals surface area contributed by atoms with E-state index in [4.69, 9.17) is 22.1 Å². The molecule has 1 aliphatic rings. The van der Waals surface area contributed by atoms with Gasteiger partial charge in [0, 0.05) is 6.54 Å². The lowest BCUT2D eigenvalue weighted by Crippen LogP contribution is -3.07. The van der Waals surface area contributed by atoms with Crippen molar-refractivity contribution in [2.24, 2.45) is 0 Å². The van der Waals surface area contributed by atoms with Crippen LogP contribution in [0, 0.1) is 0 Å². The van der Waals surface area contributed by atoms with Gasteiger partial charge >= 0.3 is 0 Å². The van der Waals surface area contributed by atoms with Crippen molar-refractivity contribution in [3.05, 3.63) is 12.4 Å². The van der Waals surface area contributed by atoms with E-state index in [1.807, 2.05) is 6.20 Å². The van der Waals surface area contributed by atoms with E-state index in [0.717, 1.165) is 13.2 Å². The molecular formula is C10H22N2O7S2. The summed E-state index contributed by atoms with van der Waals surface area (Å²) in [5, 5.41) is 0. The highest BCUT2D eigenvalue weighted by molar-refractivity contribution is 7.85. The summed E-state index contributed by atoms with van der Waals surface area (Å²) in [6.07, 6.45) is 7.00. The van der Waals surface area contributed by atoms with Crippen LogP contribution in [-0.4, -0.2) is 60.9 Å². The highest BCUT2D eigenvalue weighted by atomic mass is 32.3. The number of quaternary nitrogens is 1. The molecular weight excluding hydrogens is 324 g/mol. The van der Waals surface area contributed by atoms with Gasteiger partial charge in [0.1, 0.15) is 6.20 Å². The van der Waals surface area contributed by atoms with Gasteiger partial charge < -0.3 is 9.45 Å². The second kappa shape index (κ2) is 9.33. The number of hydrogen-bond donors (Lipinski definition) is 3. The molecule has 1 aliphatic heterocycles. The van der Waals surface area contributed by atoms with Gasteiger partial charge in [0.05, 0.1) is 18.5 Å². The number of rotatable bonds is 7. The number of hydrogen-bond acceptors (Lipinski definition) is 6.